The number of nitrogens with two attached hydrogens (primary N) is 1. The van der Waals surface area contributed by atoms with E-state index >= 15 is 0 Å². The van der Waals surface area contributed by atoms with Gasteiger partial charge in [0.15, 0.2) is 5.17 Å². The average molecular weight is 530 g/mol. The predicted octanol–water partition coefficient (Wildman–Crippen LogP) is 4.80. The Kier molecular flexibility index (Phi) is 7.64. The number of aliphatic imine (C=N–C) groups is 1. The highest BCUT2D eigenvalue weighted by Crippen LogP contribution is 2.35. The Morgan fingerprint density at radius 1 is 1.18 bits per heavy atom. The second-order valence-electron chi connectivity index (χ2n) is 9.52. The fourth-order valence-corrected chi connectivity index (χ4v) is 5.59. The summed E-state index contributed by atoms with van der Waals surface area (Å²) in [6, 6.07) is 15.9. The summed E-state index contributed by atoms with van der Waals surface area (Å²) in [5.41, 5.74) is 9.97. The topological polar surface area (TPSA) is 103 Å². The summed E-state index contributed by atoms with van der Waals surface area (Å²) in [4.78, 5) is 31.4. The first-order valence-corrected chi connectivity index (χ1v) is 13.7. The van der Waals surface area contributed by atoms with Gasteiger partial charge in [-0.25, -0.2) is 4.68 Å². The number of para-hydroxylation sites is 1. The van der Waals surface area contributed by atoms with Crippen molar-refractivity contribution in [1.29, 1.82) is 0 Å². The minimum absolute atomic E-state index is 0.113. The SMILES string of the molecule is CCCOc1ccc(-c2nn(-c3ccccc3)cc2/C=C2\SC(N3CCC(C(N)=O)CC3)=NC2=O)cc1C. The third-order valence-corrected chi connectivity index (χ3v) is 7.78. The molecule has 9 heteroatoms. The number of ether oxygens (including phenoxy) is 1. The zero-order chi connectivity index (χ0) is 26.6. The van der Waals surface area contributed by atoms with Gasteiger partial charge in [-0.1, -0.05) is 25.1 Å². The van der Waals surface area contributed by atoms with Gasteiger partial charge < -0.3 is 15.4 Å². The van der Waals surface area contributed by atoms with Gasteiger partial charge in [-0.05, 0) is 79.9 Å². The van der Waals surface area contributed by atoms with Gasteiger partial charge in [0.05, 0.1) is 17.2 Å². The highest BCUT2D eigenvalue weighted by Gasteiger charge is 2.31. The number of hydrogen-bond donors (Lipinski definition) is 1. The monoisotopic (exact) mass is 529 g/mol. The number of nitrogens with zero attached hydrogens (tertiary/aromatic N) is 4. The van der Waals surface area contributed by atoms with E-state index in [0.717, 1.165) is 40.2 Å². The average Bonchev–Trinajstić information content (AvgIpc) is 3.52. The van der Waals surface area contributed by atoms with Crippen molar-refractivity contribution >= 4 is 34.8 Å². The number of benzene rings is 2. The van der Waals surface area contributed by atoms with E-state index in [0.29, 0.717) is 42.6 Å². The lowest BCUT2D eigenvalue weighted by Crippen LogP contribution is -2.40. The maximum absolute atomic E-state index is 12.9. The van der Waals surface area contributed by atoms with Crippen LogP contribution in [0.1, 0.15) is 37.3 Å². The van der Waals surface area contributed by atoms with Gasteiger partial charge in [-0.3, -0.25) is 9.59 Å². The first kappa shape index (κ1) is 25.8. The van der Waals surface area contributed by atoms with E-state index in [2.05, 4.69) is 22.9 Å². The molecule has 0 spiro atoms. The normalized spacial score (nSPS) is 17.2. The maximum Gasteiger partial charge on any atom is 0.286 e. The third-order valence-electron chi connectivity index (χ3n) is 6.74. The second kappa shape index (κ2) is 11.3. The number of carbonyl (C=O) groups excluding carboxylic acids is 2. The summed E-state index contributed by atoms with van der Waals surface area (Å²) in [6.45, 7) is 6.09. The van der Waals surface area contributed by atoms with E-state index in [4.69, 9.17) is 15.6 Å². The molecule has 2 aromatic carbocycles. The molecule has 2 aliphatic rings. The van der Waals surface area contributed by atoms with Crippen LogP contribution in [0.4, 0.5) is 0 Å². The first-order chi connectivity index (χ1) is 18.4. The second-order valence-corrected chi connectivity index (χ2v) is 10.5. The van der Waals surface area contributed by atoms with Crippen molar-refractivity contribution in [3.05, 3.63) is 70.8 Å². The number of likely N-dealkylation sites (tertiary alicyclic amines) is 1. The summed E-state index contributed by atoms with van der Waals surface area (Å²) in [6.07, 6.45) is 6.11. The van der Waals surface area contributed by atoms with E-state index in [-0.39, 0.29) is 17.7 Å². The van der Waals surface area contributed by atoms with Crippen LogP contribution in [-0.2, 0) is 9.59 Å². The molecule has 3 heterocycles. The fourth-order valence-electron chi connectivity index (χ4n) is 4.63. The number of piperidine rings is 1. The van der Waals surface area contributed by atoms with Crippen LogP contribution in [-0.4, -0.2) is 51.4 Å². The van der Waals surface area contributed by atoms with E-state index in [9.17, 15) is 9.59 Å². The lowest BCUT2D eigenvalue weighted by Gasteiger charge is -2.31. The van der Waals surface area contributed by atoms with Gasteiger partial charge >= 0.3 is 0 Å². The van der Waals surface area contributed by atoms with Crippen LogP contribution in [0.3, 0.4) is 0 Å². The van der Waals surface area contributed by atoms with Gasteiger partial charge in [0.2, 0.25) is 5.91 Å². The molecule has 0 saturated carbocycles. The standard InChI is InChI=1S/C29H31N5O3S/c1-3-15-37-24-10-9-21(16-19(24)2)26-22(18-34(32-26)23-7-5-4-6-8-23)17-25-28(36)31-29(38-25)33-13-11-20(12-14-33)27(30)35/h4-10,16-18,20H,3,11-15H2,1-2H3,(H2,30,35)/b25-17-. The molecule has 0 unspecified atom stereocenters. The zero-order valence-corrected chi connectivity index (χ0v) is 22.4. The molecule has 1 aromatic heterocycles. The van der Waals surface area contributed by atoms with Crippen molar-refractivity contribution in [1.82, 2.24) is 14.7 Å². The molecule has 0 aliphatic carbocycles. The Morgan fingerprint density at radius 2 is 1.95 bits per heavy atom. The van der Waals surface area contributed by atoms with Crippen molar-refractivity contribution in [3.8, 4) is 22.7 Å². The lowest BCUT2D eigenvalue weighted by atomic mass is 9.97. The largest absolute Gasteiger partial charge is 0.493 e. The van der Waals surface area contributed by atoms with E-state index < -0.39 is 0 Å². The number of aromatic nitrogens is 2. The quantitative estimate of drug-likeness (QED) is 0.441. The first-order valence-electron chi connectivity index (χ1n) is 12.9. The van der Waals surface area contributed by atoms with Crippen LogP contribution in [0, 0.1) is 12.8 Å². The van der Waals surface area contributed by atoms with Gasteiger partial charge in [0.1, 0.15) is 11.4 Å². The summed E-state index contributed by atoms with van der Waals surface area (Å²) in [5, 5.41) is 5.58. The fraction of sp³-hybridized carbons (Fsp3) is 0.310. The number of carbonyl (C=O) groups is 2. The van der Waals surface area contributed by atoms with Crippen molar-refractivity contribution in [2.75, 3.05) is 19.7 Å². The summed E-state index contributed by atoms with van der Waals surface area (Å²) in [7, 11) is 0. The molecular weight excluding hydrogens is 498 g/mol. The third kappa shape index (κ3) is 5.52. The summed E-state index contributed by atoms with van der Waals surface area (Å²) >= 11 is 1.37. The van der Waals surface area contributed by atoms with Crippen LogP contribution in [0.5, 0.6) is 5.75 Å². The minimum Gasteiger partial charge on any atom is -0.493 e. The molecule has 3 aromatic rings. The molecule has 0 radical (unpaired) electrons. The van der Waals surface area contributed by atoms with Crippen LogP contribution in [0.15, 0.2) is 64.6 Å². The molecule has 0 bridgehead atoms. The van der Waals surface area contributed by atoms with Crippen LogP contribution >= 0.6 is 11.8 Å². The Balaban J connectivity index is 1.44. The Bertz CT molecular complexity index is 1400. The Morgan fingerprint density at radius 3 is 2.63 bits per heavy atom. The molecule has 2 amide bonds. The number of amides is 2. The number of thioether (sulfide) groups is 1. The van der Waals surface area contributed by atoms with Crippen LogP contribution < -0.4 is 10.5 Å². The zero-order valence-electron chi connectivity index (χ0n) is 21.6. The molecule has 38 heavy (non-hydrogen) atoms. The molecular formula is C29H31N5O3S. The molecule has 2 aliphatic heterocycles. The molecule has 2 N–H and O–H groups in total. The van der Waals surface area contributed by atoms with Gasteiger partial charge in [0, 0.05) is 36.3 Å². The molecule has 1 fully saturated rings. The smallest absolute Gasteiger partial charge is 0.286 e. The van der Waals surface area contributed by atoms with Crippen molar-refractivity contribution in [3.63, 3.8) is 0 Å². The number of amidine groups is 1. The Hall–Kier alpha value is -3.85. The van der Waals surface area contributed by atoms with E-state index in [1.54, 1.807) is 0 Å². The highest BCUT2D eigenvalue weighted by molar-refractivity contribution is 8.18. The van der Waals surface area contributed by atoms with Gasteiger partial charge in [0.25, 0.3) is 5.91 Å². The van der Waals surface area contributed by atoms with E-state index in [1.807, 2.05) is 66.3 Å². The molecule has 196 valence electrons. The number of aryl methyl sites for hydroxylation is 1. The number of rotatable bonds is 7. The van der Waals surface area contributed by atoms with Crippen molar-refractivity contribution in [2.24, 2.45) is 16.6 Å². The number of primary amides is 1. The minimum atomic E-state index is -0.264. The van der Waals surface area contributed by atoms with Gasteiger partial charge in [-0.15, -0.1) is 0 Å². The van der Waals surface area contributed by atoms with Crippen molar-refractivity contribution < 1.29 is 14.3 Å². The summed E-state index contributed by atoms with van der Waals surface area (Å²) in [5.74, 6) is 0.223. The predicted molar refractivity (Wildman–Crippen MR) is 151 cm³/mol. The van der Waals surface area contributed by atoms with Crippen LogP contribution in [0.2, 0.25) is 0 Å². The van der Waals surface area contributed by atoms with E-state index in [1.165, 1.54) is 11.8 Å². The molecule has 5 rings (SSSR count). The summed E-state index contributed by atoms with van der Waals surface area (Å²) < 4.78 is 7.69. The molecule has 0 atom stereocenters. The molecule has 1 saturated heterocycles. The number of hydrogen-bond acceptors (Lipinski definition) is 6. The molecule has 8 nitrogen and oxygen atoms in total. The maximum atomic E-state index is 12.9. The van der Waals surface area contributed by atoms with Crippen molar-refractivity contribution in [2.45, 2.75) is 33.1 Å². The van der Waals surface area contributed by atoms with Crippen LogP contribution in [0.25, 0.3) is 23.0 Å². The highest BCUT2D eigenvalue weighted by atomic mass is 32.2. The Labute approximate surface area is 226 Å². The van der Waals surface area contributed by atoms with Gasteiger partial charge in [-0.2, -0.15) is 10.1 Å². The lowest BCUT2D eigenvalue weighted by molar-refractivity contribution is -0.123.